The van der Waals surface area contributed by atoms with Gasteiger partial charge in [0.1, 0.15) is 0 Å². The van der Waals surface area contributed by atoms with Gasteiger partial charge in [0.2, 0.25) is 0 Å². The van der Waals surface area contributed by atoms with Crippen LogP contribution in [0.15, 0.2) is 24.3 Å². The molecule has 1 aliphatic carbocycles. The minimum atomic E-state index is -0.107. The van der Waals surface area contributed by atoms with Crippen molar-refractivity contribution in [2.75, 3.05) is 5.32 Å². The maximum Gasteiger partial charge on any atom is 0.319 e. The number of hydrogen-bond acceptors (Lipinski definition) is 2. The molecule has 2 amide bonds. The van der Waals surface area contributed by atoms with Crippen LogP contribution in [-0.4, -0.2) is 12.1 Å². The second-order valence-electron chi connectivity index (χ2n) is 5.72. The largest absolute Gasteiger partial charge is 0.335 e. The average Bonchev–Trinajstić information content (AvgIpc) is 2.65. The van der Waals surface area contributed by atoms with Crippen LogP contribution in [0, 0.1) is 5.92 Å². The summed E-state index contributed by atoms with van der Waals surface area (Å²) in [5.41, 5.74) is 7.42. The predicted octanol–water partition coefficient (Wildman–Crippen LogP) is 3.24. The number of nitrogens with one attached hydrogen (secondary N) is 2. The van der Waals surface area contributed by atoms with Crippen LogP contribution in [0.4, 0.5) is 10.5 Å². The summed E-state index contributed by atoms with van der Waals surface area (Å²) in [6.07, 6.45) is 6.06. The number of hydrogen-bond donors (Lipinski definition) is 3. The van der Waals surface area contributed by atoms with E-state index in [-0.39, 0.29) is 6.03 Å². The fraction of sp³-hybridized carbons (Fsp3) is 0.562. The third-order valence-corrected chi connectivity index (χ3v) is 4.13. The van der Waals surface area contributed by atoms with E-state index in [1.165, 1.54) is 25.7 Å². The van der Waals surface area contributed by atoms with Crippen molar-refractivity contribution in [3.8, 4) is 0 Å². The Labute approximate surface area is 121 Å². The van der Waals surface area contributed by atoms with Gasteiger partial charge in [0, 0.05) is 18.3 Å². The highest BCUT2D eigenvalue weighted by atomic mass is 16.2. The predicted molar refractivity (Wildman–Crippen MR) is 82.5 cm³/mol. The van der Waals surface area contributed by atoms with E-state index in [0.717, 1.165) is 17.7 Å². The Morgan fingerprint density at radius 1 is 1.20 bits per heavy atom. The summed E-state index contributed by atoms with van der Waals surface area (Å²) in [5.74, 6) is 0.558. The van der Waals surface area contributed by atoms with Crippen LogP contribution in [0.2, 0.25) is 0 Å². The van der Waals surface area contributed by atoms with Crippen LogP contribution in [0.3, 0.4) is 0 Å². The molecule has 0 radical (unpaired) electrons. The van der Waals surface area contributed by atoms with Crippen molar-refractivity contribution >= 4 is 11.7 Å². The molecule has 110 valence electrons. The second kappa shape index (κ2) is 7.29. The van der Waals surface area contributed by atoms with Gasteiger partial charge >= 0.3 is 6.03 Å². The third kappa shape index (κ3) is 4.23. The van der Waals surface area contributed by atoms with Gasteiger partial charge in [-0.1, -0.05) is 38.3 Å². The molecule has 0 heterocycles. The quantitative estimate of drug-likeness (QED) is 0.741. The van der Waals surface area contributed by atoms with Gasteiger partial charge in [-0.05, 0) is 36.5 Å². The summed E-state index contributed by atoms with van der Waals surface area (Å²) in [4.78, 5) is 12.0. The number of anilines is 1. The maximum absolute atomic E-state index is 12.0. The maximum atomic E-state index is 12.0. The number of amides is 2. The summed E-state index contributed by atoms with van der Waals surface area (Å²) in [6.45, 7) is 2.75. The fourth-order valence-electron chi connectivity index (χ4n) is 2.77. The molecule has 0 saturated heterocycles. The van der Waals surface area contributed by atoms with Crippen molar-refractivity contribution in [3.05, 3.63) is 29.8 Å². The molecule has 20 heavy (non-hydrogen) atoms. The lowest BCUT2D eigenvalue weighted by Crippen LogP contribution is -2.41. The molecular weight excluding hydrogens is 250 g/mol. The average molecular weight is 275 g/mol. The lowest BCUT2D eigenvalue weighted by atomic mass is 9.97. The zero-order valence-corrected chi connectivity index (χ0v) is 12.2. The van der Waals surface area contributed by atoms with E-state index in [4.69, 9.17) is 5.73 Å². The number of urea groups is 1. The van der Waals surface area contributed by atoms with E-state index in [2.05, 4.69) is 17.6 Å². The van der Waals surface area contributed by atoms with Crippen molar-refractivity contribution < 1.29 is 4.79 Å². The zero-order valence-electron chi connectivity index (χ0n) is 12.2. The van der Waals surface area contributed by atoms with Crippen LogP contribution in [0.1, 0.15) is 44.6 Å². The van der Waals surface area contributed by atoms with Crippen LogP contribution >= 0.6 is 0 Å². The first kappa shape index (κ1) is 14.9. The summed E-state index contributed by atoms with van der Waals surface area (Å²) in [5, 5.41) is 6.00. The molecule has 1 aromatic rings. The lowest BCUT2D eigenvalue weighted by molar-refractivity contribution is 0.242. The van der Waals surface area contributed by atoms with E-state index in [0.29, 0.717) is 18.5 Å². The van der Waals surface area contributed by atoms with Gasteiger partial charge in [0.05, 0.1) is 0 Å². The van der Waals surface area contributed by atoms with Gasteiger partial charge in [-0.15, -0.1) is 0 Å². The Hall–Kier alpha value is -1.55. The van der Waals surface area contributed by atoms with Gasteiger partial charge in [-0.2, -0.15) is 0 Å². The normalized spacial score (nSPS) is 22.9. The molecule has 2 rings (SSSR count). The van der Waals surface area contributed by atoms with E-state index in [1.807, 2.05) is 24.3 Å². The molecule has 2 atom stereocenters. The Morgan fingerprint density at radius 2 is 1.90 bits per heavy atom. The summed E-state index contributed by atoms with van der Waals surface area (Å²) >= 11 is 0. The standard InChI is InChI=1S/C16H25N3O/c1-12-5-3-2-4-6-15(12)19-16(20)18-14-9-7-13(11-17)8-10-14/h7-10,12,15H,2-6,11,17H2,1H3,(H2,18,19,20). The Kier molecular flexibility index (Phi) is 5.41. The summed E-state index contributed by atoms with van der Waals surface area (Å²) in [7, 11) is 0. The molecular formula is C16H25N3O. The van der Waals surface area contributed by atoms with Gasteiger partial charge in [0.15, 0.2) is 0 Å². The molecule has 1 aromatic carbocycles. The topological polar surface area (TPSA) is 67.2 Å². The number of nitrogens with two attached hydrogens (primary N) is 1. The molecule has 0 spiro atoms. The Balaban J connectivity index is 1.87. The second-order valence-corrected chi connectivity index (χ2v) is 5.72. The van der Waals surface area contributed by atoms with Gasteiger partial charge < -0.3 is 16.4 Å². The number of rotatable bonds is 3. The molecule has 4 N–H and O–H groups in total. The zero-order chi connectivity index (χ0) is 14.4. The smallest absolute Gasteiger partial charge is 0.319 e. The Morgan fingerprint density at radius 3 is 2.60 bits per heavy atom. The van der Waals surface area contributed by atoms with E-state index in [9.17, 15) is 4.79 Å². The van der Waals surface area contributed by atoms with E-state index < -0.39 is 0 Å². The SMILES string of the molecule is CC1CCCCCC1NC(=O)Nc1ccc(CN)cc1. The molecule has 0 aromatic heterocycles. The highest BCUT2D eigenvalue weighted by Gasteiger charge is 2.21. The van der Waals surface area contributed by atoms with Crippen molar-refractivity contribution in [3.63, 3.8) is 0 Å². The monoisotopic (exact) mass is 275 g/mol. The molecule has 1 aliphatic rings. The highest BCUT2D eigenvalue weighted by Crippen LogP contribution is 2.23. The van der Waals surface area contributed by atoms with Gasteiger partial charge in [-0.25, -0.2) is 4.79 Å². The molecule has 2 unspecified atom stereocenters. The first-order valence-electron chi connectivity index (χ1n) is 7.55. The van der Waals surface area contributed by atoms with Crippen LogP contribution in [0.25, 0.3) is 0 Å². The van der Waals surface area contributed by atoms with E-state index in [1.54, 1.807) is 0 Å². The van der Waals surface area contributed by atoms with Crippen molar-refractivity contribution in [1.82, 2.24) is 5.32 Å². The number of carbonyl (C=O) groups excluding carboxylic acids is 1. The summed E-state index contributed by atoms with van der Waals surface area (Å²) < 4.78 is 0. The first-order chi connectivity index (χ1) is 9.69. The third-order valence-electron chi connectivity index (χ3n) is 4.13. The minimum Gasteiger partial charge on any atom is -0.335 e. The summed E-state index contributed by atoms with van der Waals surface area (Å²) in [6, 6.07) is 7.83. The molecule has 4 nitrogen and oxygen atoms in total. The van der Waals surface area contributed by atoms with Gasteiger partial charge in [-0.3, -0.25) is 0 Å². The molecule has 1 saturated carbocycles. The van der Waals surface area contributed by atoms with Crippen LogP contribution in [-0.2, 0) is 6.54 Å². The number of carbonyl (C=O) groups is 1. The molecule has 1 fully saturated rings. The number of benzene rings is 1. The van der Waals surface area contributed by atoms with Crippen molar-refractivity contribution in [2.45, 2.75) is 51.6 Å². The van der Waals surface area contributed by atoms with Gasteiger partial charge in [0.25, 0.3) is 0 Å². The molecule has 0 bridgehead atoms. The lowest BCUT2D eigenvalue weighted by Gasteiger charge is -2.23. The fourth-order valence-corrected chi connectivity index (χ4v) is 2.77. The Bertz CT molecular complexity index is 430. The highest BCUT2D eigenvalue weighted by molar-refractivity contribution is 5.89. The van der Waals surface area contributed by atoms with Crippen molar-refractivity contribution in [2.24, 2.45) is 11.7 Å². The molecule has 4 heteroatoms. The van der Waals surface area contributed by atoms with Crippen LogP contribution in [0.5, 0.6) is 0 Å². The van der Waals surface area contributed by atoms with E-state index >= 15 is 0 Å². The minimum absolute atomic E-state index is 0.107. The van der Waals surface area contributed by atoms with Crippen molar-refractivity contribution in [1.29, 1.82) is 0 Å². The van der Waals surface area contributed by atoms with Crippen LogP contribution < -0.4 is 16.4 Å². The first-order valence-corrected chi connectivity index (χ1v) is 7.55. The molecule has 0 aliphatic heterocycles.